The van der Waals surface area contributed by atoms with Gasteiger partial charge >= 0.3 is 0 Å². The lowest BCUT2D eigenvalue weighted by Crippen LogP contribution is -2.54. The van der Waals surface area contributed by atoms with Crippen LogP contribution in [-0.4, -0.2) is 49.6 Å². The summed E-state index contributed by atoms with van der Waals surface area (Å²) in [7, 11) is 1.61. The van der Waals surface area contributed by atoms with E-state index in [4.69, 9.17) is 4.74 Å². The van der Waals surface area contributed by atoms with E-state index in [-0.39, 0.29) is 17.9 Å². The Bertz CT molecular complexity index is 853. The molecular weight excluding hydrogens is 364 g/mol. The average Bonchev–Trinajstić information content (AvgIpc) is 2.99. The van der Waals surface area contributed by atoms with Gasteiger partial charge in [0.1, 0.15) is 0 Å². The monoisotopic (exact) mass is 392 g/mol. The summed E-state index contributed by atoms with van der Waals surface area (Å²) in [4.78, 5) is 27.5. The van der Waals surface area contributed by atoms with E-state index >= 15 is 0 Å². The molecule has 2 fully saturated rings. The first-order valence-electron chi connectivity index (χ1n) is 10.4. The van der Waals surface area contributed by atoms with Gasteiger partial charge in [0.2, 0.25) is 5.91 Å². The number of hydrogen-bond acceptors (Lipinski definition) is 3. The number of nitrogens with zero attached hydrogens (tertiary/aromatic N) is 1. The van der Waals surface area contributed by atoms with Crippen molar-refractivity contribution in [1.29, 1.82) is 0 Å². The lowest BCUT2D eigenvalue weighted by atomic mass is 9.90. The van der Waals surface area contributed by atoms with Crippen LogP contribution < -0.4 is 5.32 Å². The van der Waals surface area contributed by atoms with Crippen LogP contribution in [0.25, 0.3) is 11.1 Å². The third kappa shape index (κ3) is 4.20. The fourth-order valence-electron chi connectivity index (χ4n) is 4.79. The number of ether oxygens (including phenoxy) is 1. The van der Waals surface area contributed by atoms with Crippen LogP contribution >= 0.6 is 0 Å². The number of hydrogen-bond donors (Lipinski definition) is 1. The third-order valence-corrected chi connectivity index (χ3v) is 6.22. The van der Waals surface area contributed by atoms with Gasteiger partial charge in [-0.15, -0.1) is 0 Å². The average molecular weight is 392 g/mol. The maximum atomic E-state index is 13.4. The molecule has 1 aliphatic carbocycles. The van der Waals surface area contributed by atoms with Crippen molar-refractivity contribution in [2.75, 3.05) is 26.8 Å². The zero-order valence-electron chi connectivity index (χ0n) is 16.8. The molecule has 2 aliphatic rings. The van der Waals surface area contributed by atoms with Crippen LogP contribution in [0, 0.1) is 11.8 Å². The molecule has 1 saturated heterocycles. The standard InChI is InChI=1S/C24H28N2O3/c1-29-14-13-22(27)25-23-18-11-12-19(23)16-26(15-18)24(28)21-10-6-5-9-20(21)17-7-3-2-4-8-17/h2-10,18-19,23H,11-16H2,1H3,(H,25,27)/t18-,19+,23?. The number of fused-ring (bicyclic) bond motifs is 2. The topological polar surface area (TPSA) is 58.6 Å². The van der Waals surface area contributed by atoms with E-state index < -0.39 is 0 Å². The van der Waals surface area contributed by atoms with Crippen LogP contribution in [0.3, 0.4) is 0 Å². The zero-order chi connectivity index (χ0) is 20.2. The summed E-state index contributed by atoms with van der Waals surface area (Å²) >= 11 is 0. The van der Waals surface area contributed by atoms with E-state index in [1.165, 1.54) is 0 Å². The van der Waals surface area contributed by atoms with Gasteiger partial charge in [-0.2, -0.15) is 0 Å². The smallest absolute Gasteiger partial charge is 0.254 e. The first-order valence-corrected chi connectivity index (χ1v) is 10.4. The molecular formula is C24H28N2O3. The predicted molar refractivity (Wildman–Crippen MR) is 112 cm³/mol. The highest BCUT2D eigenvalue weighted by Gasteiger charge is 2.44. The van der Waals surface area contributed by atoms with Crippen molar-refractivity contribution in [3.05, 3.63) is 60.2 Å². The molecule has 2 amide bonds. The summed E-state index contributed by atoms with van der Waals surface area (Å²) in [5, 5.41) is 3.20. The number of piperidine rings is 1. The first-order chi connectivity index (χ1) is 14.2. The van der Waals surface area contributed by atoms with Crippen molar-refractivity contribution >= 4 is 11.8 Å². The Morgan fingerprint density at radius 1 is 1.00 bits per heavy atom. The highest BCUT2D eigenvalue weighted by molar-refractivity contribution is 6.01. The molecule has 3 atom stereocenters. The Kier molecular flexibility index (Phi) is 5.95. The molecule has 5 heteroatoms. The molecule has 0 spiro atoms. The first kappa shape index (κ1) is 19.6. The minimum absolute atomic E-state index is 0.0444. The third-order valence-electron chi connectivity index (χ3n) is 6.22. The maximum absolute atomic E-state index is 13.4. The van der Waals surface area contributed by atoms with Gasteiger partial charge in [0, 0.05) is 38.2 Å². The highest BCUT2D eigenvalue weighted by Crippen LogP contribution is 2.38. The number of carbonyl (C=O) groups is 2. The minimum atomic E-state index is 0.0444. The van der Waals surface area contributed by atoms with E-state index in [0.29, 0.717) is 38.0 Å². The maximum Gasteiger partial charge on any atom is 0.254 e. The molecule has 1 unspecified atom stereocenters. The Hall–Kier alpha value is -2.66. The summed E-state index contributed by atoms with van der Waals surface area (Å²) in [6, 6.07) is 18.1. The molecule has 29 heavy (non-hydrogen) atoms. The molecule has 5 nitrogen and oxygen atoms in total. The summed E-state index contributed by atoms with van der Waals surface area (Å²) in [6.45, 7) is 1.84. The Balaban J connectivity index is 1.48. The lowest BCUT2D eigenvalue weighted by Gasteiger charge is -2.38. The summed E-state index contributed by atoms with van der Waals surface area (Å²) in [6.07, 6.45) is 2.51. The van der Waals surface area contributed by atoms with Crippen LogP contribution in [0.15, 0.2) is 54.6 Å². The molecule has 0 aromatic heterocycles. The minimum Gasteiger partial charge on any atom is -0.384 e. The summed E-state index contributed by atoms with van der Waals surface area (Å²) in [5.74, 6) is 0.787. The normalized spacial score (nSPS) is 23.1. The van der Waals surface area contributed by atoms with Gasteiger partial charge in [0.05, 0.1) is 6.61 Å². The Labute approximate surface area is 172 Å². The van der Waals surface area contributed by atoms with E-state index in [0.717, 1.165) is 29.5 Å². The van der Waals surface area contributed by atoms with Gasteiger partial charge < -0.3 is 15.0 Å². The molecule has 152 valence electrons. The molecule has 1 heterocycles. The van der Waals surface area contributed by atoms with Gasteiger partial charge in [-0.3, -0.25) is 9.59 Å². The van der Waals surface area contributed by atoms with Crippen LogP contribution in [0.4, 0.5) is 0 Å². The van der Waals surface area contributed by atoms with Crippen molar-refractivity contribution in [3.63, 3.8) is 0 Å². The largest absolute Gasteiger partial charge is 0.384 e. The molecule has 2 aromatic rings. The molecule has 4 rings (SSSR count). The van der Waals surface area contributed by atoms with E-state index in [2.05, 4.69) is 5.32 Å². The fourth-order valence-corrected chi connectivity index (χ4v) is 4.79. The summed E-state index contributed by atoms with van der Waals surface area (Å²) in [5.41, 5.74) is 2.78. The second-order valence-corrected chi connectivity index (χ2v) is 8.06. The SMILES string of the molecule is COCCC(=O)NC1[C@@H]2CC[C@H]1CN(C(=O)c1ccccc1-c1ccccc1)C2. The number of rotatable bonds is 6. The van der Waals surface area contributed by atoms with Gasteiger partial charge in [-0.05, 0) is 41.9 Å². The van der Waals surface area contributed by atoms with Gasteiger partial charge in [0.25, 0.3) is 5.91 Å². The van der Waals surface area contributed by atoms with Gasteiger partial charge in [-0.1, -0.05) is 48.5 Å². The van der Waals surface area contributed by atoms with E-state index in [1.807, 2.05) is 59.5 Å². The number of amides is 2. The predicted octanol–water partition coefficient (Wildman–Crippen LogP) is 3.36. The Morgan fingerprint density at radius 3 is 2.34 bits per heavy atom. The van der Waals surface area contributed by atoms with Crippen molar-refractivity contribution in [3.8, 4) is 11.1 Å². The fraction of sp³-hybridized carbons (Fsp3) is 0.417. The number of benzene rings is 2. The van der Waals surface area contributed by atoms with Crippen LogP contribution in [0.1, 0.15) is 29.6 Å². The second kappa shape index (κ2) is 8.78. The number of nitrogens with one attached hydrogen (secondary N) is 1. The summed E-state index contributed by atoms with van der Waals surface area (Å²) < 4.78 is 5.00. The van der Waals surface area contributed by atoms with E-state index in [9.17, 15) is 9.59 Å². The zero-order valence-corrected chi connectivity index (χ0v) is 16.8. The number of likely N-dealkylation sites (tertiary alicyclic amines) is 1. The molecule has 1 N–H and O–H groups in total. The molecule has 1 saturated carbocycles. The molecule has 2 bridgehead atoms. The van der Waals surface area contributed by atoms with Crippen LogP contribution in [0.2, 0.25) is 0 Å². The van der Waals surface area contributed by atoms with Crippen LogP contribution in [0.5, 0.6) is 0 Å². The van der Waals surface area contributed by atoms with Crippen LogP contribution in [-0.2, 0) is 9.53 Å². The number of carbonyl (C=O) groups excluding carboxylic acids is 2. The highest BCUT2D eigenvalue weighted by atomic mass is 16.5. The Morgan fingerprint density at radius 2 is 1.66 bits per heavy atom. The number of methoxy groups -OCH3 is 1. The van der Waals surface area contributed by atoms with Crippen molar-refractivity contribution in [2.45, 2.75) is 25.3 Å². The molecule has 0 radical (unpaired) electrons. The van der Waals surface area contributed by atoms with Crippen molar-refractivity contribution in [1.82, 2.24) is 10.2 Å². The van der Waals surface area contributed by atoms with Crippen molar-refractivity contribution < 1.29 is 14.3 Å². The second-order valence-electron chi connectivity index (χ2n) is 8.06. The van der Waals surface area contributed by atoms with E-state index in [1.54, 1.807) is 7.11 Å². The lowest BCUT2D eigenvalue weighted by molar-refractivity contribution is -0.123. The van der Waals surface area contributed by atoms with Gasteiger partial charge in [0.15, 0.2) is 0 Å². The quantitative estimate of drug-likeness (QED) is 0.820. The van der Waals surface area contributed by atoms with Gasteiger partial charge in [-0.25, -0.2) is 0 Å². The molecule has 2 aromatic carbocycles. The van der Waals surface area contributed by atoms with Crippen molar-refractivity contribution in [2.24, 2.45) is 11.8 Å². The molecule has 1 aliphatic heterocycles.